The van der Waals surface area contributed by atoms with E-state index >= 15 is 0 Å². The molecule has 0 saturated heterocycles. The lowest BCUT2D eigenvalue weighted by Gasteiger charge is -1.87. The first kappa shape index (κ1) is 12.5. The van der Waals surface area contributed by atoms with Gasteiger partial charge in [0.1, 0.15) is 0 Å². The highest BCUT2D eigenvalue weighted by Gasteiger charge is 1.75. The molecule has 0 aliphatic heterocycles. The standard InChI is InChI=1S/C4H12N2.C3H9N/c5-3-1-2-4-6;1-2-3-4/h1-6H2;2-4H2,1H3. The number of unbranched alkanes of at least 4 members (excludes halogenated alkanes) is 1. The molecule has 3 heteroatoms. The molecule has 0 aromatic carbocycles. The average molecular weight is 147 g/mol. The Kier molecular flexibility index (Phi) is 20.0. The first-order valence-corrected chi connectivity index (χ1v) is 3.93. The Labute approximate surface area is 64.0 Å². The molecule has 0 atom stereocenters. The van der Waals surface area contributed by atoms with Crippen molar-refractivity contribution in [2.24, 2.45) is 17.2 Å². The van der Waals surface area contributed by atoms with Gasteiger partial charge in [0.25, 0.3) is 0 Å². The second-order valence-corrected chi connectivity index (χ2v) is 2.07. The van der Waals surface area contributed by atoms with Gasteiger partial charge in [-0.15, -0.1) is 0 Å². The van der Waals surface area contributed by atoms with Gasteiger partial charge in [0.15, 0.2) is 0 Å². The highest BCUT2D eigenvalue weighted by molar-refractivity contribution is 4.38. The van der Waals surface area contributed by atoms with Crippen molar-refractivity contribution >= 4 is 0 Å². The lowest BCUT2D eigenvalue weighted by Crippen LogP contribution is -2.03. The third-order valence-corrected chi connectivity index (χ3v) is 0.947. The maximum absolute atomic E-state index is 5.16. The molecule has 3 nitrogen and oxygen atoms in total. The second kappa shape index (κ2) is 15.9. The fourth-order valence-corrected chi connectivity index (χ4v) is 0.289. The van der Waals surface area contributed by atoms with Gasteiger partial charge >= 0.3 is 0 Å². The minimum atomic E-state index is 0.775. The molecule has 0 spiro atoms. The van der Waals surface area contributed by atoms with Crippen LogP contribution < -0.4 is 17.2 Å². The van der Waals surface area contributed by atoms with E-state index in [1.165, 1.54) is 0 Å². The summed E-state index contributed by atoms with van der Waals surface area (Å²) in [6.07, 6.45) is 3.23. The number of hydrogen-bond donors (Lipinski definition) is 3. The fourth-order valence-electron chi connectivity index (χ4n) is 0.289. The summed E-state index contributed by atoms with van der Waals surface area (Å²) < 4.78 is 0. The van der Waals surface area contributed by atoms with Crippen LogP contribution in [0.25, 0.3) is 0 Å². The molecular formula is C7H21N3. The van der Waals surface area contributed by atoms with Gasteiger partial charge in [0.05, 0.1) is 0 Å². The highest BCUT2D eigenvalue weighted by atomic mass is 14.5. The predicted octanol–water partition coefficient (Wildman–Crippen LogP) is 0.0391. The van der Waals surface area contributed by atoms with E-state index in [-0.39, 0.29) is 0 Å². The fraction of sp³-hybridized carbons (Fsp3) is 1.00. The van der Waals surface area contributed by atoms with Gasteiger partial charge < -0.3 is 17.2 Å². The van der Waals surface area contributed by atoms with E-state index in [0.717, 1.165) is 38.9 Å². The van der Waals surface area contributed by atoms with Gasteiger partial charge in [-0.2, -0.15) is 0 Å². The van der Waals surface area contributed by atoms with E-state index in [0.29, 0.717) is 0 Å². The Morgan fingerprint density at radius 2 is 1.10 bits per heavy atom. The molecule has 0 radical (unpaired) electrons. The molecule has 0 fully saturated rings. The van der Waals surface area contributed by atoms with Crippen LogP contribution in [0.4, 0.5) is 0 Å². The summed E-state index contributed by atoms with van der Waals surface area (Å²) in [7, 11) is 0. The maximum Gasteiger partial charge on any atom is -0.00768 e. The molecule has 0 aromatic heterocycles. The van der Waals surface area contributed by atoms with Crippen molar-refractivity contribution in [2.75, 3.05) is 19.6 Å². The number of hydrogen-bond acceptors (Lipinski definition) is 3. The number of rotatable bonds is 4. The van der Waals surface area contributed by atoms with Crippen molar-refractivity contribution in [2.45, 2.75) is 26.2 Å². The minimum Gasteiger partial charge on any atom is -0.330 e. The van der Waals surface area contributed by atoms with E-state index < -0.39 is 0 Å². The van der Waals surface area contributed by atoms with Crippen molar-refractivity contribution in [1.82, 2.24) is 0 Å². The summed E-state index contributed by atoms with van der Waals surface area (Å²) in [6, 6.07) is 0. The molecule has 0 unspecified atom stereocenters. The minimum absolute atomic E-state index is 0.775. The van der Waals surface area contributed by atoms with Gasteiger partial charge in [-0.1, -0.05) is 6.92 Å². The third-order valence-electron chi connectivity index (χ3n) is 0.947. The van der Waals surface area contributed by atoms with E-state index in [1.54, 1.807) is 0 Å². The lowest BCUT2D eigenvalue weighted by atomic mass is 10.3. The molecule has 10 heavy (non-hydrogen) atoms. The zero-order valence-corrected chi connectivity index (χ0v) is 6.97. The van der Waals surface area contributed by atoms with Crippen molar-refractivity contribution in [3.05, 3.63) is 0 Å². The summed E-state index contributed by atoms with van der Waals surface area (Å²) in [4.78, 5) is 0. The van der Waals surface area contributed by atoms with Crippen LogP contribution >= 0.6 is 0 Å². The summed E-state index contributed by atoms with van der Waals surface area (Å²) in [5.74, 6) is 0. The molecule has 0 aliphatic carbocycles. The second-order valence-electron chi connectivity index (χ2n) is 2.07. The van der Waals surface area contributed by atoms with Crippen LogP contribution in [-0.4, -0.2) is 19.6 Å². The van der Waals surface area contributed by atoms with Crippen LogP contribution in [0.5, 0.6) is 0 Å². The zero-order chi connectivity index (χ0) is 8.24. The molecule has 0 rings (SSSR count). The van der Waals surface area contributed by atoms with Crippen molar-refractivity contribution in [3.8, 4) is 0 Å². The molecule has 0 bridgehead atoms. The topological polar surface area (TPSA) is 78.1 Å². The molecule has 0 aliphatic rings. The summed E-state index contributed by atoms with van der Waals surface area (Å²) in [5, 5.41) is 0. The largest absolute Gasteiger partial charge is 0.330 e. The Balaban J connectivity index is 0. The Bertz CT molecular complexity index is 33.8. The van der Waals surface area contributed by atoms with Gasteiger partial charge in [0, 0.05) is 0 Å². The first-order valence-electron chi connectivity index (χ1n) is 3.93. The zero-order valence-electron chi connectivity index (χ0n) is 6.97. The molecule has 0 aromatic rings. The van der Waals surface area contributed by atoms with Crippen LogP contribution in [0.2, 0.25) is 0 Å². The van der Waals surface area contributed by atoms with Crippen molar-refractivity contribution < 1.29 is 0 Å². The van der Waals surface area contributed by atoms with Crippen LogP contribution in [0.3, 0.4) is 0 Å². The number of nitrogens with two attached hydrogens (primary N) is 3. The maximum atomic E-state index is 5.16. The molecule has 0 heterocycles. The molecule has 6 N–H and O–H groups in total. The van der Waals surface area contributed by atoms with E-state index in [2.05, 4.69) is 6.92 Å². The molecule has 0 amide bonds. The Morgan fingerprint density at radius 3 is 1.20 bits per heavy atom. The van der Waals surface area contributed by atoms with Gasteiger partial charge in [-0.05, 0) is 38.9 Å². The Morgan fingerprint density at radius 1 is 0.800 bits per heavy atom. The van der Waals surface area contributed by atoms with Crippen LogP contribution in [-0.2, 0) is 0 Å². The van der Waals surface area contributed by atoms with Gasteiger partial charge in [-0.25, -0.2) is 0 Å². The summed E-state index contributed by atoms with van der Waals surface area (Å²) >= 11 is 0. The monoisotopic (exact) mass is 147 g/mol. The van der Waals surface area contributed by atoms with Crippen molar-refractivity contribution in [3.63, 3.8) is 0 Å². The predicted molar refractivity (Wildman–Crippen MR) is 46.7 cm³/mol. The first-order chi connectivity index (χ1) is 4.83. The SMILES string of the molecule is CCCN.NCCCCN. The smallest absolute Gasteiger partial charge is 0.00768 e. The van der Waals surface area contributed by atoms with E-state index in [4.69, 9.17) is 17.2 Å². The van der Waals surface area contributed by atoms with Crippen LogP contribution in [0.1, 0.15) is 26.2 Å². The molecular weight excluding hydrogens is 126 g/mol. The van der Waals surface area contributed by atoms with Gasteiger partial charge in [-0.3, -0.25) is 0 Å². The van der Waals surface area contributed by atoms with E-state index in [1.807, 2.05) is 0 Å². The van der Waals surface area contributed by atoms with E-state index in [9.17, 15) is 0 Å². The lowest BCUT2D eigenvalue weighted by molar-refractivity contribution is 0.755. The van der Waals surface area contributed by atoms with Crippen LogP contribution in [0.15, 0.2) is 0 Å². The summed E-state index contributed by atoms with van der Waals surface area (Å²) in [5.41, 5.74) is 15.3. The summed E-state index contributed by atoms with van der Waals surface area (Å²) in [6.45, 7) is 4.42. The third kappa shape index (κ3) is 24.8. The quantitative estimate of drug-likeness (QED) is 0.491. The molecule has 64 valence electrons. The van der Waals surface area contributed by atoms with Gasteiger partial charge in [0.2, 0.25) is 0 Å². The Hall–Kier alpha value is -0.120. The molecule has 0 saturated carbocycles. The average Bonchev–Trinajstić information content (AvgIpc) is 2.01. The highest BCUT2D eigenvalue weighted by Crippen LogP contribution is 1.77. The van der Waals surface area contributed by atoms with Crippen molar-refractivity contribution in [1.29, 1.82) is 0 Å². The normalized spacial score (nSPS) is 8.40. The van der Waals surface area contributed by atoms with Crippen LogP contribution in [0, 0.1) is 0 Å².